The first kappa shape index (κ1) is 17.3. The van der Waals surface area contributed by atoms with E-state index in [0.29, 0.717) is 22.9 Å². The Morgan fingerprint density at radius 3 is 2.54 bits per heavy atom. The van der Waals surface area contributed by atoms with Crippen molar-refractivity contribution in [3.63, 3.8) is 0 Å². The standard InChI is InChI=1S/C18H21ClN4O3/c1-22-16-12(10-4-6-20-7-5-10)8-11(19)9-14(16)23(18(22)26)13-2-3-15(24)21-17(13)25/h8-10,13,20H,2-7H2,1H3,(H,21,24,25). The Kier molecular flexibility index (Phi) is 4.36. The van der Waals surface area contributed by atoms with Gasteiger partial charge in [0.15, 0.2) is 0 Å². The van der Waals surface area contributed by atoms with E-state index in [0.717, 1.165) is 37.0 Å². The number of hydrogen-bond donors (Lipinski definition) is 2. The largest absolute Gasteiger partial charge is 0.329 e. The van der Waals surface area contributed by atoms with Gasteiger partial charge in [0, 0.05) is 18.5 Å². The molecule has 2 aliphatic heterocycles. The molecule has 0 radical (unpaired) electrons. The highest BCUT2D eigenvalue weighted by atomic mass is 35.5. The van der Waals surface area contributed by atoms with Gasteiger partial charge in [0.2, 0.25) is 11.8 Å². The number of aromatic nitrogens is 2. The number of rotatable bonds is 2. The van der Waals surface area contributed by atoms with Crippen LogP contribution in [-0.4, -0.2) is 34.0 Å². The molecule has 2 N–H and O–H groups in total. The number of nitrogens with one attached hydrogen (secondary N) is 2. The Labute approximate surface area is 155 Å². The second-order valence-electron chi connectivity index (χ2n) is 7.07. The van der Waals surface area contributed by atoms with Crippen molar-refractivity contribution in [1.29, 1.82) is 0 Å². The van der Waals surface area contributed by atoms with E-state index >= 15 is 0 Å². The number of aryl methyl sites for hydroxylation is 1. The van der Waals surface area contributed by atoms with E-state index in [-0.39, 0.29) is 18.0 Å². The Hall–Kier alpha value is -2.12. The number of fused-ring (bicyclic) bond motifs is 1. The van der Waals surface area contributed by atoms with Crippen LogP contribution in [0.3, 0.4) is 0 Å². The summed E-state index contributed by atoms with van der Waals surface area (Å²) in [5.41, 5.74) is 2.29. The number of imide groups is 1. The number of imidazole rings is 1. The van der Waals surface area contributed by atoms with Gasteiger partial charge in [-0.3, -0.25) is 24.0 Å². The topological polar surface area (TPSA) is 85.1 Å². The summed E-state index contributed by atoms with van der Waals surface area (Å²) in [5, 5.41) is 6.24. The molecule has 2 aromatic rings. The zero-order chi connectivity index (χ0) is 18.4. The van der Waals surface area contributed by atoms with Gasteiger partial charge in [-0.15, -0.1) is 0 Å². The van der Waals surface area contributed by atoms with Crippen LogP contribution >= 0.6 is 11.6 Å². The second kappa shape index (κ2) is 6.55. The molecule has 0 bridgehead atoms. The third-order valence-electron chi connectivity index (χ3n) is 5.47. The zero-order valence-electron chi connectivity index (χ0n) is 14.5. The van der Waals surface area contributed by atoms with Crippen molar-refractivity contribution in [2.45, 2.75) is 37.6 Å². The molecule has 1 aromatic carbocycles. The Morgan fingerprint density at radius 1 is 1.12 bits per heavy atom. The highest BCUT2D eigenvalue weighted by Crippen LogP contribution is 2.35. The third kappa shape index (κ3) is 2.75. The fourth-order valence-electron chi connectivity index (χ4n) is 4.19. The molecule has 2 saturated heterocycles. The first-order valence-corrected chi connectivity index (χ1v) is 9.30. The van der Waals surface area contributed by atoms with Crippen LogP contribution in [0.15, 0.2) is 16.9 Å². The maximum Gasteiger partial charge on any atom is 0.329 e. The number of amides is 2. The molecule has 2 fully saturated rings. The van der Waals surface area contributed by atoms with E-state index in [1.54, 1.807) is 17.7 Å². The molecule has 3 heterocycles. The van der Waals surface area contributed by atoms with E-state index in [1.807, 2.05) is 6.07 Å². The van der Waals surface area contributed by atoms with Crippen molar-refractivity contribution in [2.75, 3.05) is 13.1 Å². The number of benzene rings is 1. The molecule has 1 unspecified atom stereocenters. The van der Waals surface area contributed by atoms with Crippen molar-refractivity contribution < 1.29 is 9.59 Å². The predicted molar refractivity (Wildman–Crippen MR) is 98.5 cm³/mol. The first-order valence-electron chi connectivity index (χ1n) is 8.92. The van der Waals surface area contributed by atoms with Crippen LogP contribution in [0.4, 0.5) is 0 Å². The van der Waals surface area contributed by atoms with Gasteiger partial charge in [-0.1, -0.05) is 11.6 Å². The number of halogens is 1. The molecule has 0 aliphatic carbocycles. The van der Waals surface area contributed by atoms with E-state index in [2.05, 4.69) is 10.6 Å². The maximum absolute atomic E-state index is 13.0. The lowest BCUT2D eigenvalue weighted by Crippen LogP contribution is -2.44. The second-order valence-corrected chi connectivity index (χ2v) is 7.50. The molecule has 1 aromatic heterocycles. The predicted octanol–water partition coefficient (Wildman–Crippen LogP) is 1.44. The normalized spacial score (nSPS) is 22.0. The van der Waals surface area contributed by atoms with Crippen LogP contribution in [0.1, 0.15) is 43.2 Å². The fraction of sp³-hybridized carbons (Fsp3) is 0.500. The monoisotopic (exact) mass is 376 g/mol. The quantitative estimate of drug-likeness (QED) is 0.777. The van der Waals surface area contributed by atoms with Crippen molar-refractivity contribution >= 4 is 34.4 Å². The summed E-state index contributed by atoms with van der Waals surface area (Å²) in [4.78, 5) is 36.8. The van der Waals surface area contributed by atoms with E-state index < -0.39 is 11.9 Å². The van der Waals surface area contributed by atoms with Gasteiger partial charge in [0.25, 0.3) is 0 Å². The average molecular weight is 377 g/mol. The lowest BCUT2D eigenvalue weighted by molar-refractivity contribution is -0.135. The zero-order valence-corrected chi connectivity index (χ0v) is 15.3. The van der Waals surface area contributed by atoms with E-state index in [4.69, 9.17) is 11.6 Å². The molecule has 7 nitrogen and oxygen atoms in total. The number of hydrogen-bond acceptors (Lipinski definition) is 4. The van der Waals surface area contributed by atoms with Gasteiger partial charge in [0.05, 0.1) is 11.0 Å². The van der Waals surface area contributed by atoms with Crippen molar-refractivity contribution in [3.8, 4) is 0 Å². The molecule has 2 aliphatic rings. The Balaban J connectivity index is 1.91. The van der Waals surface area contributed by atoms with Crippen LogP contribution in [0.25, 0.3) is 11.0 Å². The van der Waals surface area contributed by atoms with Gasteiger partial charge in [-0.2, -0.15) is 0 Å². The summed E-state index contributed by atoms with van der Waals surface area (Å²) in [6.07, 6.45) is 2.50. The smallest absolute Gasteiger partial charge is 0.317 e. The van der Waals surface area contributed by atoms with Crippen LogP contribution in [0, 0.1) is 0 Å². The molecule has 0 saturated carbocycles. The molecule has 8 heteroatoms. The van der Waals surface area contributed by atoms with Crippen LogP contribution in [0.5, 0.6) is 0 Å². The number of carbonyl (C=O) groups excluding carboxylic acids is 2. The van der Waals surface area contributed by atoms with Crippen LogP contribution in [-0.2, 0) is 16.6 Å². The lowest BCUT2D eigenvalue weighted by Gasteiger charge is -2.24. The molecular formula is C18H21ClN4O3. The minimum absolute atomic E-state index is 0.223. The minimum atomic E-state index is -0.691. The summed E-state index contributed by atoms with van der Waals surface area (Å²) in [7, 11) is 1.73. The minimum Gasteiger partial charge on any atom is -0.317 e. The van der Waals surface area contributed by atoms with Gasteiger partial charge in [0.1, 0.15) is 6.04 Å². The molecule has 2 amide bonds. The van der Waals surface area contributed by atoms with Crippen LogP contribution < -0.4 is 16.3 Å². The number of nitrogens with zero attached hydrogens (tertiary/aromatic N) is 2. The summed E-state index contributed by atoms with van der Waals surface area (Å²) >= 11 is 6.38. The Morgan fingerprint density at radius 2 is 1.85 bits per heavy atom. The average Bonchev–Trinajstić information content (AvgIpc) is 2.86. The third-order valence-corrected chi connectivity index (χ3v) is 5.69. The number of carbonyl (C=O) groups is 2. The molecule has 4 rings (SSSR count). The molecular weight excluding hydrogens is 356 g/mol. The van der Waals surface area contributed by atoms with Gasteiger partial charge in [-0.25, -0.2) is 4.79 Å². The van der Waals surface area contributed by atoms with Crippen molar-refractivity contribution in [3.05, 3.63) is 33.2 Å². The molecule has 0 spiro atoms. The highest BCUT2D eigenvalue weighted by molar-refractivity contribution is 6.31. The fourth-order valence-corrected chi connectivity index (χ4v) is 4.41. The first-order chi connectivity index (χ1) is 12.5. The SMILES string of the molecule is Cn1c(=O)n(C2CCC(=O)NC2=O)c2cc(Cl)cc(C3CCNCC3)c21. The van der Waals surface area contributed by atoms with E-state index in [1.165, 1.54) is 4.57 Å². The summed E-state index contributed by atoms with van der Waals surface area (Å²) in [6, 6.07) is 2.99. The van der Waals surface area contributed by atoms with Crippen LogP contribution in [0.2, 0.25) is 5.02 Å². The molecule has 1 atom stereocenters. The Bertz CT molecular complexity index is 955. The highest BCUT2D eigenvalue weighted by Gasteiger charge is 2.32. The van der Waals surface area contributed by atoms with Gasteiger partial charge >= 0.3 is 5.69 Å². The maximum atomic E-state index is 13.0. The van der Waals surface area contributed by atoms with Crippen molar-refractivity contribution in [2.24, 2.45) is 7.05 Å². The summed E-state index contributed by atoms with van der Waals surface area (Å²) in [6.45, 7) is 1.86. The van der Waals surface area contributed by atoms with E-state index in [9.17, 15) is 14.4 Å². The lowest BCUT2D eigenvalue weighted by atomic mass is 9.89. The van der Waals surface area contributed by atoms with Gasteiger partial charge < -0.3 is 5.32 Å². The summed E-state index contributed by atoms with van der Waals surface area (Å²) in [5.74, 6) is -0.409. The molecule has 138 valence electrons. The molecule has 26 heavy (non-hydrogen) atoms. The van der Waals surface area contributed by atoms with Gasteiger partial charge in [-0.05, 0) is 56.0 Å². The summed E-state index contributed by atoms with van der Waals surface area (Å²) < 4.78 is 3.10. The number of piperidine rings is 2. The van der Waals surface area contributed by atoms with Crippen molar-refractivity contribution in [1.82, 2.24) is 19.8 Å².